The van der Waals surface area contributed by atoms with Crippen molar-refractivity contribution in [3.8, 4) is 0 Å². The SMILES string of the molecule is O=C(c1ccc2c(c1)CCC2)N1CCC(N2CCNC2=O)CC1. The van der Waals surface area contributed by atoms with E-state index in [9.17, 15) is 9.59 Å². The minimum absolute atomic E-state index is 0.0494. The fraction of sp³-hybridized carbons (Fsp3) is 0.556. The van der Waals surface area contributed by atoms with E-state index in [1.165, 1.54) is 17.5 Å². The van der Waals surface area contributed by atoms with Crippen LogP contribution in [-0.4, -0.2) is 54.0 Å². The summed E-state index contributed by atoms with van der Waals surface area (Å²) in [7, 11) is 0. The van der Waals surface area contributed by atoms with Crippen LogP contribution in [0.15, 0.2) is 18.2 Å². The highest BCUT2D eigenvalue weighted by Crippen LogP contribution is 2.25. The Morgan fingerprint density at radius 2 is 1.87 bits per heavy atom. The molecule has 5 nitrogen and oxygen atoms in total. The average Bonchev–Trinajstić information content (AvgIpc) is 3.22. The quantitative estimate of drug-likeness (QED) is 0.905. The molecule has 1 aromatic carbocycles. The molecular weight excluding hydrogens is 290 g/mol. The first-order valence-corrected chi connectivity index (χ1v) is 8.68. The van der Waals surface area contributed by atoms with Gasteiger partial charge < -0.3 is 15.1 Å². The summed E-state index contributed by atoms with van der Waals surface area (Å²) in [4.78, 5) is 28.4. The summed E-state index contributed by atoms with van der Waals surface area (Å²) < 4.78 is 0. The number of hydrogen-bond donors (Lipinski definition) is 1. The largest absolute Gasteiger partial charge is 0.338 e. The normalized spacial score (nSPS) is 21.5. The predicted molar refractivity (Wildman–Crippen MR) is 87.5 cm³/mol. The standard InChI is InChI=1S/C18H23N3O2/c22-17(15-5-4-13-2-1-3-14(13)12-15)20-9-6-16(7-10-20)21-11-8-19-18(21)23/h4-5,12,16H,1-3,6-11H2,(H,19,23). The van der Waals surface area contributed by atoms with Crippen molar-refractivity contribution in [3.05, 3.63) is 34.9 Å². The molecule has 4 rings (SSSR count). The molecule has 0 atom stereocenters. The molecule has 0 saturated carbocycles. The summed E-state index contributed by atoms with van der Waals surface area (Å²) in [5, 5.41) is 2.86. The first-order valence-electron chi connectivity index (χ1n) is 8.68. The van der Waals surface area contributed by atoms with Gasteiger partial charge in [0.15, 0.2) is 0 Å². The molecular formula is C18H23N3O2. The highest BCUT2D eigenvalue weighted by molar-refractivity contribution is 5.94. The van der Waals surface area contributed by atoms with Gasteiger partial charge in [-0.05, 0) is 55.4 Å². The van der Waals surface area contributed by atoms with Crippen LogP contribution in [-0.2, 0) is 12.8 Å². The Hall–Kier alpha value is -2.04. The number of amides is 3. The number of piperidine rings is 1. The number of fused-ring (bicyclic) bond motifs is 1. The summed E-state index contributed by atoms with van der Waals surface area (Å²) >= 11 is 0. The third kappa shape index (κ3) is 2.69. The van der Waals surface area contributed by atoms with E-state index in [0.29, 0.717) is 0 Å². The van der Waals surface area contributed by atoms with Crippen LogP contribution >= 0.6 is 0 Å². The zero-order valence-corrected chi connectivity index (χ0v) is 13.4. The third-order valence-electron chi connectivity index (χ3n) is 5.43. The smallest absolute Gasteiger partial charge is 0.317 e. The van der Waals surface area contributed by atoms with E-state index in [-0.39, 0.29) is 18.0 Å². The number of benzene rings is 1. The monoisotopic (exact) mass is 313 g/mol. The van der Waals surface area contributed by atoms with Crippen molar-refractivity contribution in [2.75, 3.05) is 26.2 Å². The lowest BCUT2D eigenvalue weighted by atomic mass is 10.0. The number of aryl methyl sites for hydroxylation is 2. The lowest BCUT2D eigenvalue weighted by Gasteiger charge is -2.36. The van der Waals surface area contributed by atoms with Gasteiger partial charge in [0.1, 0.15) is 0 Å². The van der Waals surface area contributed by atoms with Gasteiger partial charge in [-0.3, -0.25) is 4.79 Å². The van der Waals surface area contributed by atoms with E-state index < -0.39 is 0 Å². The molecule has 1 N–H and O–H groups in total. The first-order chi connectivity index (χ1) is 11.2. The predicted octanol–water partition coefficient (Wildman–Crippen LogP) is 1.81. The lowest BCUT2D eigenvalue weighted by molar-refractivity contribution is 0.0666. The van der Waals surface area contributed by atoms with Crippen molar-refractivity contribution in [2.24, 2.45) is 0 Å². The number of nitrogens with zero attached hydrogens (tertiary/aromatic N) is 2. The van der Waals surface area contributed by atoms with E-state index >= 15 is 0 Å². The van der Waals surface area contributed by atoms with Gasteiger partial charge in [0.2, 0.25) is 0 Å². The number of urea groups is 1. The summed E-state index contributed by atoms with van der Waals surface area (Å²) in [6.07, 6.45) is 5.21. The maximum Gasteiger partial charge on any atom is 0.317 e. The molecule has 0 radical (unpaired) electrons. The number of carbonyl (C=O) groups excluding carboxylic acids is 2. The molecule has 1 aromatic rings. The van der Waals surface area contributed by atoms with Gasteiger partial charge in [-0.2, -0.15) is 0 Å². The van der Waals surface area contributed by atoms with Crippen molar-refractivity contribution < 1.29 is 9.59 Å². The van der Waals surface area contributed by atoms with Gasteiger partial charge in [0.05, 0.1) is 0 Å². The second-order valence-corrected chi connectivity index (χ2v) is 6.79. The second kappa shape index (κ2) is 5.87. The van der Waals surface area contributed by atoms with Crippen molar-refractivity contribution in [1.29, 1.82) is 0 Å². The van der Waals surface area contributed by atoms with Gasteiger partial charge in [-0.15, -0.1) is 0 Å². The summed E-state index contributed by atoms with van der Waals surface area (Å²) in [5.74, 6) is 0.143. The highest BCUT2D eigenvalue weighted by atomic mass is 16.2. The van der Waals surface area contributed by atoms with Crippen LogP contribution in [0.4, 0.5) is 4.79 Å². The number of hydrogen-bond acceptors (Lipinski definition) is 2. The maximum absolute atomic E-state index is 12.7. The highest BCUT2D eigenvalue weighted by Gasteiger charge is 2.32. The zero-order valence-electron chi connectivity index (χ0n) is 13.4. The Morgan fingerprint density at radius 1 is 1.09 bits per heavy atom. The molecule has 0 bridgehead atoms. The molecule has 2 saturated heterocycles. The molecule has 23 heavy (non-hydrogen) atoms. The molecule has 3 aliphatic rings. The molecule has 0 unspecified atom stereocenters. The van der Waals surface area contributed by atoms with Crippen LogP contribution in [0.3, 0.4) is 0 Å². The van der Waals surface area contributed by atoms with Crippen LogP contribution in [0.1, 0.15) is 40.7 Å². The van der Waals surface area contributed by atoms with Gasteiger partial charge in [0, 0.05) is 37.8 Å². The average molecular weight is 313 g/mol. The molecule has 2 fully saturated rings. The van der Waals surface area contributed by atoms with E-state index in [1.807, 2.05) is 15.9 Å². The van der Waals surface area contributed by atoms with Crippen molar-refractivity contribution in [2.45, 2.75) is 38.1 Å². The molecule has 2 heterocycles. The van der Waals surface area contributed by atoms with Gasteiger partial charge in [0.25, 0.3) is 5.91 Å². The van der Waals surface area contributed by atoms with Crippen molar-refractivity contribution in [1.82, 2.24) is 15.1 Å². The Bertz CT molecular complexity index is 635. The molecule has 3 amide bonds. The Morgan fingerprint density at radius 3 is 2.61 bits per heavy atom. The van der Waals surface area contributed by atoms with Crippen LogP contribution in [0.5, 0.6) is 0 Å². The van der Waals surface area contributed by atoms with Crippen LogP contribution in [0.2, 0.25) is 0 Å². The lowest BCUT2D eigenvalue weighted by Crippen LogP contribution is -2.47. The van der Waals surface area contributed by atoms with Crippen LogP contribution in [0.25, 0.3) is 0 Å². The first kappa shape index (κ1) is 14.5. The number of likely N-dealkylation sites (tertiary alicyclic amines) is 1. The van der Waals surface area contributed by atoms with E-state index in [0.717, 1.165) is 57.4 Å². The number of carbonyl (C=O) groups is 2. The molecule has 1 aliphatic carbocycles. The number of rotatable bonds is 2. The van der Waals surface area contributed by atoms with E-state index in [2.05, 4.69) is 17.4 Å². The molecule has 0 aromatic heterocycles. The Labute approximate surface area is 136 Å². The summed E-state index contributed by atoms with van der Waals surface area (Å²) in [6.45, 7) is 3.02. The van der Waals surface area contributed by atoms with E-state index in [4.69, 9.17) is 0 Å². The van der Waals surface area contributed by atoms with Gasteiger partial charge >= 0.3 is 6.03 Å². The maximum atomic E-state index is 12.7. The second-order valence-electron chi connectivity index (χ2n) is 6.79. The van der Waals surface area contributed by atoms with Crippen molar-refractivity contribution in [3.63, 3.8) is 0 Å². The Kier molecular flexibility index (Phi) is 3.71. The van der Waals surface area contributed by atoms with Crippen LogP contribution in [0, 0.1) is 0 Å². The topological polar surface area (TPSA) is 52.7 Å². The van der Waals surface area contributed by atoms with Crippen LogP contribution < -0.4 is 5.32 Å². The summed E-state index contributed by atoms with van der Waals surface area (Å²) in [5.41, 5.74) is 3.57. The minimum atomic E-state index is 0.0494. The van der Waals surface area contributed by atoms with Crippen molar-refractivity contribution >= 4 is 11.9 Å². The zero-order chi connectivity index (χ0) is 15.8. The number of nitrogens with one attached hydrogen (secondary N) is 1. The third-order valence-corrected chi connectivity index (χ3v) is 5.43. The van der Waals surface area contributed by atoms with Gasteiger partial charge in [-0.25, -0.2) is 4.79 Å². The molecule has 122 valence electrons. The van der Waals surface area contributed by atoms with E-state index in [1.54, 1.807) is 0 Å². The summed E-state index contributed by atoms with van der Waals surface area (Å²) in [6, 6.07) is 6.52. The minimum Gasteiger partial charge on any atom is -0.338 e. The Balaban J connectivity index is 1.40. The molecule has 0 spiro atoms. The van der Waals surface area contributed by atoms with Gasteiger partial charge in [-0.1, -0.05) is 6.07 Å². The fourth-order valence-corrected chi connectivity index (χ4v) is 4.10. The molecule has 2 aliphatic heterocycles. The fourth-order valence-electron chi connectivity index (χ4n) is 4.10. The molecule has 5 heteroatoms.